The third-order valence-corrected chi connectivity index (χ3v) is 8.40. The SMILES string of the molecule is CCCCCCC1CCC(C(=O)Oc2ccc(OCCCC3CCCCC3CCC)cc2)CC1. The smallest absolute Gasteiger partial charge is 0.314 e. The molecule has 0 aliphatic heterocycles. The zero-order valence-electron chi connectivity index (χ0n) is 22.1. The molecule has 0 bridgehead atoms. The van der Waals surface area contributed by atoms with Crippen LogP contribution in [0, 0.1) is 23.7 Å². The van der Waals surface area contributed by atoms with Gasteiger partial charge in [0.2, 0.25) is 0 Å². The molecule has 2 aliphatic rings. The molecule has 0 N–H and O–H groups in total. The van der Waals surface area contributed by atoms with Crippen molar-refractivity contribution in [1.29, 1.82) is 0 Å². The Balaban J connectivity index is 1.31. The number of carbonyl (C=O) groups is 1. The van der Waals surface area contributed by atoms with Gasteiger partial charge in [-0.15, -0.1) is 0 Å². The molecule has 2 saturated carbocycles. The van der Waals surface area contributed by atoms with Crippen LogP contribution in [0.1, 0.15) is 123 Å². The Bertz CT molecular complexity index is 672. The minimum Gasteiger partial charge on any atom is -0.494 e. The Hall–Kier alpha value is -1.51. The van der Waals surface area contributed by atoms with Gasteiger partial charge in [-0.2, -0.15) is 0 Å². The van der Waals surface area contributed by atoms with Gasteiger partial charge in [0, 0.05) is 0 Å². The summed E-state index contributed by atoms with van der Waals surface area (Å²) in [5.74, 6) is 4.18. The highest BCUT2D eigenvalue weighted by atomic mass is 16.5. The van der Waals surface area contributed by atoms with E-state index in [1.807, 2.05) is 24.3 Å². The van der Waals surface area contributed by atoms with Gasteiger partial charge in [-0.05, 0) is 80.5 Å². The van der Waals surface area contributed by atoms with Crippen molar-refractivity contribution in [2.24, 2.45) is 23.7 Å². The molecule has 2 unspecified atom stereocenters. The summed E-state index contributed by atoms with van der Waals surface area (Å²) in [5, 5.41) is 0. The summed E-state index contributed by atoms with van der Waals surface area (Å²) in [4.78, 5) is 12.6. The Kier molecular flexibility index (Phi) is 12.3. The predicted molar refractivity (Wildman–Crippen MR) is 141 cm³/mol. The first kappa shape index (κ1) is 27.1. The van der Waals surface area contributed by atoms with Gasteiger partial charge in [0.15, 0.2) is 0 Å². The summed E-state index contributed by atoms with van der Waals surface area (Å²) < 4.78 is 11.7. The molecule has 0 heterocycles. The van der Waals surface area contributed by atoms with Crippen LogP contribution in [-0.2, 0) is 4.79 Å². The molecule has 2 atom stereocenters. The van der Waals surface area contributed by atoms with Crippen molar-refractivity contribution in [2.75, 3.05) is 6.61 Å². The topological polar surface area (TPSA) is 35.5 Å². The van der Waals surface area contributed by atoms with Crippen LogP contribution in [0.2, 0.25) is 0 Å². The van der Waals surface area contributed by atoms with E-state index in [0.29, 0.717) is 5.75 Å². The van der Waals surface area contributed by atoms with Crippen LogP contribution >= 0.6 is 0 Å². The summed E-state index contributed by atoms with van der Waals surface area (Å²) in [6.07, 6.45) is 21.8. The maximum Gasteiger partial charge on any atom is 0.314 e. The highest BCUT2D eigenvalue weighted by molar-refractivity contribution is 5.75. The number of hydrogen-bond acceptors (Lipinski definition) is 3. The number of benzene rings is 1. The zero-order chi connectivity index (χ0) is 24.0. The van der Waals surface area contributed by atoms with Gasteiger partial charge in [-0.1, -0.05) is 84.5 Å². The molecule has 2 aliphatic carbocycles. The number of carbonyl (C=O) groups excluding carboxylic acids is 1. The lowest BCUT2D eigenvalue weighted by molar-refractivity contribution is -0.140. The molecular weight excluding hydrogens is 420 g/mol. The molecule has 0 spiro atoms. The predicted octanol–water partition coefficient (Wildman–Crippen LogP) is 9.13. The number of esters is 1. The first-order valence-corrected chi connectivity index (χ1v) is 14.6. The fourth-order valence-corrected chi connectivity index (χ4v) is 6.30. The summed E-state index contributed by atoms with van der Waals surface area (Å²) in [7, 11) is 0. The maximum absolute atomic E-state index is 12.6. The fraction of sp³-hybridized carbons (Fsp3) is 0.774. The molecule has 0 saturated heterocycles. The lowest BCUT2D eigenvalue weighted by atomic mass is 9.75. The van der Waals surface area contributed by atoms with E-state index in [4.69, 9.17) is 9.47 Å². The van der Waals surface area contributed by atoms with Crippen LogP contribution in [-0.4, -0.2) is 12.6 Å². The maximum atomic E-state index is 12.6. The molecule has 3 rings (SSSR count). The van der Waals surface area contributed by atoms with E-state index in [1.54, 1.807) is 0 Å². The number of ether oxygens (including phenoxy) is 2. The van der Waals surface area contributed by atoms with Gasteiger partial charge in [-0.3, -0.25) is 4.79 Å². The summed E-state index contributed by atoms with van der Waals surface area (Å²) in [6, 6.07) is 7.64. The van der Waals surface area contributed by atoms with Crippen molar-refractivity contribution in [2.45, 2.75) is 123 Å². The quantitative estimate of drug-likeness (QED) is 0.154. The van der Waals surface area contributed by atoms with Gasteiger partial charge < -0.3 is 9.47 Å². The van der Waals surface area contributed by atoms with Crippen LogP contribution in [0.3, 0.4) is 0 Å². The standard InChI is InChI=1S/C31H50O3/c1-3-5-6-7-12-25-16-18-28(19-17-25)31(32)34-30-22-20-29(21-23-30)33-24-10-15-27-14-9-8-13-26(27)11-4-2/h20-23,25-28H,3-19,24H2,1-2H3. The molecule has 1 aromatic rings. The van der Waals surface area contributed by atoms with E-state index in [9.17, 15) is 4.79 Å². The van der Waals surface area contributed by atoms with Crippen molar-refractivity contribution in [3.63, 3.8) is 0 Å². The second kappa shape index (κ2) is 15.5. The largest absolute Gasteiger partial charge is 0.494 e. The molecule has 0 aromatic heterocycles. The van der Waals surface area contributed by atoms with Crippen LogP contribution < -0.4 is 9.47 Å². The van der Waals surface area contributed by atoms with E-state index in [1.165, 1.54) is 89.9 Å². The molecule has 1 aromatic carbocycles. The minimum absolute atomic E-state index is 0.0489. The highest BCUT2D eigenvalue weighted by Crippen LogP contribution is 2.36. The third kappa shape index (κ3) is 9.27. The van der Waals surface area contributed by atoms with E-state index in [2.05, 4.69) is 13.8 Å². The second-order valence-electron chi connectivity index (χ2n) is 11.0. The summed E-state index contributed by atoms with van der Waals surface area (Å²) in [6.45, 7) is 5.35. The Morgan fingerprint density at radius 2 is 1.41 bits per heavy atom. The molecule has 34 heavy (non-hydrogen) atoms. The fourth-order valence-electron chi connectivity index (χ4n) is 6.30. The third-order valence-electron chi connectivity index (χ3n) is 8.40. The van der Waals surface area contributed by atoms with Gasteiger partial charge in [0.05, 0.1) is 12.5 Å². The van der Waals surface area contributed by atoms with Crippen molar-refractivity contribution in [1.82, 2.24) is 0 Å². The van der Waals surface area contributed by atoms with Crippen LogP contribution in [0.4, 0.5) is 0 Å². The summed E-state index contributed by atoms with van der Waals surface area (Å²) >= 11 is 0. The molecule has 3 nitrogen and oxygen atoms in total. The molecular formula is C31H50O3. The molecule has 2 fully saturated rings. The average molecular weight is 471 g/mol. The monoisotopic (exact) mass is 470 g/mol. The van der Waals surface area contributed by atoms with Crippen LogP contribution in [0.15, 0.2) is 24.3 Å². The normalized spacial score (nSPS) is 25.1. The molecule has 3 heteroatoms. The van der Waals surface area contributed by atoms with Gasteiger partial charge in [-0.25, -0.2) is 0 Å². The Morgan fingerprint density at radius 1 is 0.735 bits per heavy atom. The molecule has 0 amide bonds. The molecule has 192 valence electrons. The first-order chi connectivity index (χ1) is 16.7. The van der Waals surface area contributed by atoms with E-state index in [0.717, 1.165) is 49.4 Å². The van der Waals surface area contributed by atoms with Crippen molar-refractivity contribution >= 4 is 5.97 Å². The van der Waals surface area contributed by atoms with Gasteiger partial charge >= 0.3 is 5.97 Å². The van der Waals surface area contributed by atoms with E-state index < -0.39 is 0 Å². The molecule has 0 radical (unpaired) electrons. The number of rotatable bonds is 14. The average Bonchev–Trinajstić information content (AvgIpc) is 2.87. The first-order valence-electron chi connectivity index (χ1n) is 14.6. The van der Waals surface area contributed by atoms with Crippen molar-refractivity contribution in [3.8, 4) is 11.5 Å². The lowest BCUT2D eigenvalue weighted by Crippen LogP contribution is -2.25. The van der Waals surface area contributed by atoms with E-state index >= 15 is 0 Å². The minimum atomic E-state index is -0.0489. The van der Waals surface area contributed by atoms with Crippen LogP contribution in [0.5, 0.6) is 11.5 Å². The number of unbranched alkanes of at least 4 members (excludes halogenated alkanes) is 3. The zero-order valence-corrected chi connectivity index (χ0v) is 22.1. The highest BCUT2D eigenvalue weighted by Gasteiger charge is 2.27. The van der Waals surface area contributed by atoms with Gasteiger partial charge in [0.1, 0.15) is 11.5 Å². The van der Waals surface area contributed by atoms with Crippen molar-refractivity contribution in [3.05, 3.63) is 24.3 Å². The lowest BCUT2D eigenvalue weighted by Gasteiger charge is -2.31. The Morgan fingerprint density at radius 3 is 2.09 bits per heavy atom. The van der Waals surface area contributed by atoms with Crippen molar-refractivity contribution < 1.29 is 14.3 Å². The van der Waals surface area contributed by atoms with E-state index in [-0.39, 0.29) is 11.9 Å². The number of hydrogen-bond donors (Lipinski definition) is 0. The van der Waals surface area contributed by atoms with Gasteiger partial charge in [0.25, 0.3) is 0 Å². The summed E-state index contributed by atoms with van der Waals surface area (Å²) in [5.41, 5.74) is 0. The Labute approximate surface area is 209 Å². The van der Waals surface area contributed by atoms with Crippen LogP contribution in [0.25, 0.3) is 0 Å². The second-order valence-corrected chi connectivity index (χ2v) is 11.0.